The maximum absolute atomic E-state index is 11.6. The van der Waals surface area contributed by atoms with Crippen LogP contribution in [0, 0.1) is 0 Å². The van der Waals surface area contributed by atoms with Gasteiger partial charge in [-0.2, -0.15) is 0 Å². The van der Waals surface area contributed by atoms with Crippen molar-refractivity contribution in [1.29, 1.82) is 0 Å². The quantitative estimate of drug-likeness (QED) is 0.405. The number of carboxylic acids is 1. The molecule has 0 aliphatic carbocycles. The summed E-state index contributed by atoms with van der Waals surface area (Å²) in [5, 5.41) is 11.0. The molecule has 3 amide bonds. The lowest BCUT2D eigenvalue weighted by atomic mass is 10.4. The summed E-state index contributed by atoms with van der Waals surface area (Å²) in [5.74, 6) is -2.01. The highest BCUT2D eigenvalue weighted by Crippen LogP contribution is 1.89. The summed E-state index contributed by atoms with van der Waals surface area (Å²) in [6, 6.07) is -0.684. The van der Waals surface area contributed by atoms with E-state index >= 15 is 0 Å². The molecule has 0 aliphatic rings. The predicted molar refractivity (Wildman–Crippen MR) is 64.5 cm³/mol. The third kappa shape index (κ3) is 9.80. The number of carbonyl (C=O) groups excluding carboxylic acids is 2. The Morgan fingerprint density at radius 2 is 1.89 bits per heavy atom. The SMILES string of the molecule is COCCOCCNC(=O)N(CC(N)=O)CC(=O)O. The minimum atomic E-state index is -1.23. The number of carbonyl (C=O) groups is 3. The van der Waals surface area contributed by atoms with Crippen LogP contribution in [-0.2, 0) is 19.1 Å². The number of nitrogens with one attached hydrogen (secondary N) is 1. The number of hydrogen-bond donors (Lipinski definition) is 3. The Morgan fingerprint density at radius 3 is 2.42 bits per heavy atom. The molecule has 0 aromatic carbocycles. The summed E-state index contributed by atoms with van der Waals surface area (Å²) in [6.45, 7) is 0.235. The molecule has 0 atom stereocenters. The third-order valence-electron chi connectivity index (χ3n) is 1.91. The van der Waals surface area contributed by atoms with Crippen LogP contribution in [0.3, 0.4) is 0 Å². The van der Waals surface area contributed by atoms with Crippen molar-refractivity contribution in [2.75, 3.05) is 46.6 Å². The Balaban J connectivity index is 3.96. The zero-order valence-corrected chi connectivity index (χ0v) is 10.8. The molecule has 0 heterocycles. The van der Waals surface area contributed by atoms with E-state index in [0.717, 1.165) is 4.90 Å². The lowest BCUT2D eigenvalue weighted by Gasteiger charge is -2.19. The van der Waals surface area contributed by atoms with Crippen LogP contribution in [0.2, 0.25) is 0 Å². The van der Waals surface area contributed by atoms with Crippen molar-refractivity contribution < 1.29 is 29.0 Å². The van der Waals surface area contributed by atoms with Crippen LogP contribution in [0.1, 0.15) is 0 Å². The van der Waals surface area contributed by atoms with Gasteiger partial charge >= 0.3 is 12.0 Å². The van der Waals surface area contributed by atoms with E-state index in [0.29, 0.717) is 13.2 Å². The van der Waals surface area contributed by atoms with Gasteiger partial charge in [-0.3, -0.25) is 9.59 Å². The Labute approximate surface area is 110 Å². The van der Waals surface area contributed by atoms with E-state index in [1.807, 2.05) is 0 Å². The van der Waals surface area contributed by atoms with Gasteiger partial charge in [0.1, 0.15) is 13.1 Å². The lowest BCUT2D eigenvalue weighted by Crippen LogP contribution is -2.47. The molecular weight excluding hydrogens is 258 g/mol. The van der Waals surface area contributed by atoms with Gasteiger partial charge in [-0.15, -0.1) is 0 Å². The van der Waals surface area contributed by atoms with Gasteiger partial charge in [0.25, 0.3) is 0 Å². The molecule has 0 fully saturated rings. The average Bonchev–Trinajstić information content (AvgIpc) is 2.31. The molecule has 0 saturated carbocycles. The number of hydrogen-bond acceptors (Lipinski definition) is 5. The minimum Gasteiger partial charge on any atom is -0.480 e. The Bertz CT molecular complexity index is 294. The standard InChI is InChI=1S/C10H19N3O6/c1-18-4-5-19-3-2-12-10(17)13(6-8(11)14)7-9(15)16/h2-7H2,1H3,(H2,11,14)(H,12,17)(H,15,16). The third-order valence-corrected chi connectivity index (χ3v) is 1.91. The molecule has 4 N–H and O–H groups in total. The molecule has 0 unspecified atom stereocenters. The normalized spacial score (nSPS) is 9.95. The van der Waals surface area contributed by atoms with E-state index in [1.54, 1.807) is 7.11 Å². The first-order valence-electron chi connectivity index (χ1n) is 5.57. The van der Waals surface area contributed by atoms with Gasteiger partial charge in [0, 0.05) is 13.7 Å². The molecule has 9 heteroatoms. The van der Waals surface area contributed by atoms with Crippen molar-refractivity contribution in [3.63, 3.8) is 0 Å². The van der Waals surface area contributed by atoms with Crippen molar-refractivity contribution in [2.45, 2.75) is 0 Å². The number of aliphatic carboxylic acids is 1. The summed E-state index contributed by atoms with van der Waals surface area (Å²) in [4.78, 5) is 33.6. The smallest absolute Gasteiger partial charge is 0.323 e. The Kier molecular flexibility index (Phi) is 9.10. The van der Waals surface area contributed by atoms with Crippen LogP contribution in [0.4, 0.5) is 4.79 Å². The van der Waals surface area contributed by atoms with Crippen LogP contribution in [0.25, 0.3) is 0 Å². The first-order chi connectivity index (χ1) is 8.97. The molecule has 0 aromatic heterocycles. The van der Waals surface area contributed by atoms with Crippen molar-refractivity contribution in [1.82, 2.24) is 10.2 Å². The Morgan fingerprint density at radius 1 is 1.21 bits per heavy atom. The minimum absolute atomic E-state index is 0.192. The topological polar surface area (TPSA) is 131 Å². The molecule has 0 spiro atoms. The highest BCUT2D eigenvalue weighted by molar-refractivity contribution is 5.85. The number of methoxy groups -OCH3 is 1. The van der Waals surface area contributed by atoms with Crippen LogP contribution in [0.5, 0.6) is 0 Å². The van der Waals surface area contributed by atoms with Gasteiger partial charge in [0.2, 0.25) is 5.91 Å². The molecule has 0 bridgehead atoms. The number of rotatable bonds is 10. The molecule has 110 valence electrons. The first kappa shape index (κ1) is 17.1. The average molecular weight is 277 g/mol. The number of nitrogens with zero attached hydrogens (tertiary/aromatic N) is 1. The largest absolute Gasteiger partial charge is 0.480 e. The first-order valence-corrected chi connectivity index (χ1v) is 5.57. The predicted octanol–water partition coefficient (Wildman–Crippen LogP) is -1.77. The summed E-state index contributed by atoms with van der Waals surface area (Å²) < 4.78 is 9.86. The molecule has 0 rings (SSSR count). The zero-order chi connectivity index (χ0) is 14.7. The maximum atomic E-state index is 11.6. The number of urea groups is 1. The van der Waals surface area contributed by atoms with Gasteiger partial charge in [0.15, 0.2) is 0 Å². The summed E-state index contributed by atoms with van der Waals surface area (Å²) >= 11 is 0. The number of ether oxygens (including phenoxy) is 2. The lowest BCUT2D eigenvalue weighted by molar-refractivity contribution is -0.137. The molecule has 0 aromatic rings. The van der Waals surface area contributed by atoms with Crippen LogP contribution < -0.4 is 11.1 Å². The number of primary amides is 1. The monoisotopic (exact) mass is 277 g/mol. The fraction of sp³-hybridized carbons (Fsp3) is 0.700. The molecule has 0 saturated heterocycles. The molecule has 0 radical (unpaired) electrons. The van der Waals surface area contributed by atoms with Crippen molar-refractivity contribution in [2.24, 2.45) is 5.73 Å². The number of amides is 3. The number of carboxylic acid groups (broad SMARTS) is 1. The van der Waals surface area contributed by atoms with Gasteiger partial charge in [-0.25, -0.2) is 4.79 Å². The van der Waals surface area contributed by atoms with Gasteiger partial charge < -0.3 is 30.5 Å². The molecule has 9 nitrogen and oxygen atoms in total. The van der Waals surface area contributed by atoms with Gasteiger partial charge in [-0.05, 0) is 0 Å². The van der Waals surface area contributed by atoms with Crippen LogP contribution >= 0.6 is 0 Å². The van der Waals surface area contributed by atoms with Crippen molar-refractivity contribution >= 4 is 17.9 Å². The van der Waals surface area contributed by atoms with E-state index in [9.17, 15) is 14.4 Å². The van der Waals surface area contributed by atoms with E-state index in [4.69, 9.17) is 20.3 Å². The molecule has 0 aliphatic heterocycles. The molecular formula is C10H19N3O6. The number of nitrogens with two attached hydrogens (primary N) is 1. The second-order valence-electron chi connectivity index (χ2n) is 3.55. The maximum Gasteiger partial charge on any atom is 0.323 e. The van der Waals surface area contributed by atoms with Crippen LogP contribution in [-0.4, -0.2) is 74.5 Å². The fourth-order valence-electron chi connectivity index (χ4n) is 1.14. The second-order valence-corrected chi connectivity index (χ2v) is 3.55. The fourth-order valence-corrected chi connectivity index (χ4v) is 1.14. The second kappa shape index (κ2) is 10.1. The summed E-state index contributed by atoms with van der Waals surface area (Å²) in [7, 11) is 1.54. The van der Waals surface area contributed by atoms with Crippen molar-refractivity contribution in [3.05, 3.63) is 0 Å². The highest BCUT2D eigenvalue weighted by atomic mass is 16.5. The summed E-state index contributed by atoms with van der Waals surface area (Å²) in [5.41, 5.74) is 4.92. The zero-order valence-electron chi connectivity index (χ0n) is 10.8. The van der Waals surface area contributed by atoms with E-state index < -0.39 is 31.0 Å². The summed E-state index contributed by atoms with van der Waals surface area (Å²) in [6.07, 6.45) is 0. The van der Waals surface area contributed by atoms with E-state index in [-0.39, 0.29) is 13.2 Å². The van der Waals surface area contributed by atoms with Gasteiger partial charge in [-0.1, -0.05) is 0 Å². The Hall–Kier alpha value is -1.87. The van der Waals surface area contributed by atoms with Crippen molar-refractivity contribution in [3.8, 4) is 0 Å². The van der Waals surface area contributed by atoms with Gasteiger partial charge in [0.05, 0.1) is 19.8 Å². The highest BCUT2D eigenvalue weighted by Gasteiger charge is 2.18. The molecule has 19 heavy (non-hydrogen) atoms. The van der Waals surface area contributed by atoms with E-state index in [1.165, 1.54) is 0 Å². The van der Waals surface area contributed by atoms with E-state index in [2.05, 4.69) is 5.32 Å². The van der Waals surface area contributed by atoms with Crippen LogP contribution in [0.15, 0.2) is 0 Å².